The number of nitrogens with zero attached hydrogens (tertiary/aromatic N) is 1. The van der Waals surface area contributed by atoms with E-state index in [1.54, 1.807) is 12.1 Å². The van der Waals surface area contributed by atoms with Crippen LogP contribution in [0.2, 0.25) is 0 Å². The molecule has 1 aromatic heterocycles. The molecule has 2 aromatic carbocycles. The Morgan fingerprint density at radius 2 is 1.76 bits per heavy atom. The first-order chi connectivity index (χ1) is 9.91. The van der Waals surface area contributed by atoms with Gasteiger partial charge in [-0.1, -0.05) is 32.9 Å². The second kappa shape index (κ2) is 4.81. The van der Waals surface area contributed by atoms with Gasteiger partial charge in [0.05, 0.1) is 0 Å². The predicted octanol–water partition coefficient (Wildman–Crippen LogP) is 4.45. The second-order valence-corrected chi connectivity index (χ2v) is 6.20. The lowest BCUT2D eigenvalue weighted by Gasteiger charge is -2.19. The molecule has 0 radical (unpaired) electrons. The van der Waals surface area contributed by atoms with Crippen molar-refractivity contribution in [2.24, 2.45) is 0 Å². The summed E-state index contributed by atoms with van der Waals surface area (Å²) in [4.78, 5) is 4.38. The number of hydrogen-bond donors (Lipinski definition) is 2. The van der Waals surface area contributed by atoms with Crippen LogP contribution >= 0.6 is 0 Å². The van der Waals surface area contributed by atoms with Gasteiger partial charge in [0.25, 0.3) is 6.01 Å². The normalized spacial score (nSPS) is 11.8. The first-order valence-corrected chi connectivity index (χ1v) is 6.95. The summed E-state index contributed by atoms with van der Waals surface area (Å²) < 4.78 is 5.65. The molecule has 0 amide bonds. The monoisotopic (exact) mass is 281 g/mol. The fourth-order valence-electron chi connectivity index (χ4n) is 2.17. The van der Waals surface area contributed by atoms with Gasteiger partial charge >= 0.3 is 0 Å². The molecule has 0 aliphatic rings. The first-order valence-electron chi connectivity index (χ1n) is 6.95. The van der Waals surface area contributed by atoms with Crippen molar-refractivity contribution < 1.29 is 4.42 Å². The zero-order valence-electron chi connectivity index (χ0n) is 12.5. The van der Waals surface area contributed by atoms with E-state index in [2.05, 4.69) is 43.2 Å². The molecular weight excluding hydrogens is 262 g/mol. The van der Waals surface area contributed by atoms with Crippen LogP contribution in [0.3, 0.4) is 0 Å². The van der Waals surface area contributed by atoms with Crippen LogP contribution in [-0.4, -0.2) is 4.98 Å². The van der Waals surface area contributed by atoms with Crippen molar-refractivity contribution in [3.05, 3.63) is 48.0 Å². The van der Waals surface area contributed by atoms with Crippen LogP contribution < -0.4 is 11.1 Å². The molecule has 3 N–H and O–H groups in total. The van der Waals surface area contributed by atoms with Crippen molar-refractivity contribution in [3.63, 3.8) is 0 Å². The van der Waals surface area contributed by atoms with Crippen molar-refractivity contribution >= 4 is 28.5 Å². The van der Waals surface area contributed by atoms with Crippen LogP contribution in [0.25, 0.3) is 11.1 Å². The van der Waals surface area contributed by atoms with Crippen molar-refractivity contribution in [3.8, 4) is 0 Å². The van der Waals surface area contributed by atoms with Gasteiger partial charge in [-0.15, -0.1) is 0 Å². The van der Waals surface area contributed by atoms with E-state index in [1.165, 1.54) is 5.56 Å². The fourth-order valence-corrected chi connectivity index (χ4v) is 2.17. The largest absolute Gasteiger partial charge is 0.423 e. The molecule has 0 bridgehead atoms. The third kappa shape index (κ3) is 2.84. The van der Waals surface area contributed by atoms with Gasteiger partial charge in [-0.25, -0.2) is 0 Å². The number of fused-ring (bicyclic) bond motifs is 1. The van der Waals surface area contributed by atoms with Crippen molar-refractivity contribution in [2.75, 3.05) is 11.1 Å². The quantitative estimate of drug-likeness (QED) is 0.681. The molecule has 3 aromatic rings. The highest BCUT2D eigenvalue weighted by molar-refractivity contribution is 5.78. The van der Waals surface area contributed by atoms with Gasteiger partial charge in [0.15, 0.2) is 5.58 Å². The highest BCUT2D eigenvalue weighted by atomic mass is 16.4. The van der Waals surface area contributed by atoms with Gasteiger partial charge in [-0.2, -0.15) is 4.98 Å². The van der Waals surface area contributed by atoms with Crippen LogP contribution in [0.1, 0.15) is 26.3 Å². The summed E-state index contributed by atoms with van der Waals surface area (Å²) in [6, 6.07) is 14.2. The molecule has 3 rings (SSSR count). The predicted molar refractivity (Wildman–Crippen MR) is 86.8 cm³/mol. The van der Waals surface area contributed by atoms with E-state index in [1.807, 2.05) is 18.2 Å². The van der Waals surface area contributed by atoms with Crippen LogP contribution in [0.15, 0.2) is 46.9 Å². The maximum atomic E-state index is 5.74. The molecule has 0 spiro atoms. The van der Waals surface area contributed by atoms with Gasteiger partial charge in [0, 0.05) is 11.4 Å². The zero-order chi connectivity index (χ0) is 15.0. The minimum atomic E-state index is 0.146. The number of nitrogen functional groups attached to an aromatic ring is 1. The van der Waals surface area contributed by atoms with Gasteiger partial charge in [0.1, 0.15) is 5.52 Å². The smallest absolute Gasteiger partial charge is 0.300 e. The van der Waals surface area contributed by atoms with Crippen LogP contribution in [0, 0.1) is 0 Å². The van der Waals surface area contributed by atoms with E-state index < -0.39 is 0 Å². The standard InChI is InChI=1S/C17H19N3O/c1-17(2,3)11-4-7-13(8-5-11)19-16-20-14-10-12(18)6-9-15(14)21-16/h4-10H,18H2,1-3H3,(H,19,20). The Morgan fingerprint density at radius 1 is 1.05 bits per heavy atom. The maximum absolute atomic E-state index is 5.74. The Morgan fingerprint density at radius 3 is 2.43 bits per heavy atom. The molecule has 21 heavy (non-hydrogen) atoms. The van der Waals surface area contributed by atoms with Gasteiger partial charge in [-0.05, 0) is 41.3 Å². The van der Waals surface area contributed by atoms with Crippen molar-refractivity contribution in [2.45, 2.75) is 26.2 Å². The molecule has 0 aliphatic carbocycles. The molecule has 0 saturated heterocycles. The van der Waals surface area contributed by atoms with Crippen LogP contribution in [0.4, 0.5) is 17.4 Å². The number of hydrogen-bond acceptors (Lipinski definition) is 4. The lowest BCUT2D eigenvalue weighted by molar-refractivity contribution is 0.590. The Bertz CT molecular complexity index is 767. The number of rotatable bonds is 2. The maximum Gasteiger partial charge on any atom is 0.300 e. The van der Waals surface area contributed by atoms with E-state index >= 15 is 0 Å². The zero-order valence-corrected chi connectivity index (χ0v) is 12.5. The summed E-state index contributed by atoms with van der Waals surface area (Å²) in [5.41, 5.74) is 10.3. The Balaban J connectivity index is 1.84. The lowest BCUT2D eigenvalue weighted by atomic mass is 9.87. The first kappa shape index (κ1) is 13.5. The minimum Gasteiger partial charge on any atom is -0.423 e. The fraction of sp³-hybridized carbons (Fsp3) is 0.235. The van der Waals surface area contributed by atoms with E-state index in [4.69, 9.17) is 10.2 Å². The molecule has 0 saturated carbocycles. The average molecular weight is 281 g/mol. The van der Waals surface area contributed by atoms with E-state index in [9.17, 15) is 0 Å². The molecule has 4 nitrogen and oxygen atoms in total. The van der Waals surface area contributed by atoms with E-state index in [0.29, 0.717) is 11.7 Å². The number of anilines is 3. The summed E-state index contributed by atoms with van der Waals surface area (Å²) in [5, 5.41) is 3.17. The SMILES string of the molecule is CC(C)(C)c1ccc(Nc2nc3cc(N)ccc3o2)cc1. The van der Waals surface area contributed by atoms with E-state index in [0.717, 1.165) is 16.8 Å². The third-order valence-corrected chi connectivity index (χ3v) is 3.41. The molecule has 0 atom stereocenters. The molecule has 0 aliphatic heterocycles. The van der Waals surface area contributed by atoms with Crippen molar-refractivity contribution in [1.82, 2.24) is 4.98 Å². The van der Waals surface area contributed by atoms with Crippen LogP contribution in [-0.2, 0) is 5.41 Å². The summed E-state index contributed by atoms with van der Waals surface area (Å²) >= 11 is 0. The topological polar surface area (TPSA) is 64.1 Å². The minimum absolute atomic E-state index is 0.146. The second-order valence-electron chi connectivity index (χ2n) is 6.20. The van der Waals surface area contributed by atoms with Gasteiger partial charge < -0.3 is 15.5 Å². The van der Waals surface area contributed by atoms with Crippen molar-refractivity contribution in [1.29, 1.82) is 0 Å². The third-order valence-electron chi connectivity index (χ3n) is 3.41. The number of nitrogens with one attached hydrogen (secondary N) is 1. The molecule has 0 unspecified atom stereocenters. The molecule has 108 valence electrons. The molecular formula is C17H19N3O. The molecule has 1 heterocycles. The number of nitrogens with two attached hydrogens (primary N) is 1. The van der Waals surface area contributed by atoms with E-state index in [-0.39, 0.29) is 5.41 Å². The summed E-state index contributed by atoms with van der Waals surface area (Å²) in [6.45, 7) is 6.59. The number of benzene rings is 2. The highest BCUT2D eigenvalue weighted by Crippen LogP contribution is 2.26. The average Bonchev–Trinajstić information content (AvgIpc) is 2.79. The Kier molecular flexibility index (Phi) is 3.09. The van der Waals surface area contributed by atoms with Gasteiger partial charge in [-0.3, -0.25) is 0 Å². The Labute approximate surface area is 124 Å². The van der Waals surface area contributed by atoms with Gasteiger partial charge in [0.2, 0.25) is 0 Å². The lowest BCUT2D eigenvalue weighted by Crippen LogP contribution is -2.10. The summed E-state index contributed by atoms with van der Waals surface area (Å²) in [5.74, 6) is 0. The molecule has 4 heteroatoms. The number of aromatic nitrogens is 1. The summed E-state index contributed by atoms with van der Waals surface area (Å²) in [6.07, 6.45) is 0. The number of oxazole rings is 1. The molecule has 0 fully saturated rings. The Hall–Kier alpha value is -2.49. The van der Waals surface area contributed by atoms with Crippen LogP contribution in [0.5, 0.6) is 0 Å². The highest BCUT2D eigenvalue weighted by Gasteiger charge is 2.13. The summed E-state index contributed by atoms with van der Waals surface area (Å²) in [7, 11) is 0.